The minimum atomic E-state index is -0.904. The smallest absolute Gasteiger partial charge is 0.151 e. The van der Waals surface area contributed by atoms with Crippen LogP contribution in [0.1, 0.15) is 49.2 Å². The fourth-order valence-corrected chi connectivity index (χ4v) is 5.06. The molecule has 3 aromatic rings. The zero-order valence-corrected chi connectivity index (χ0v) is 18.2. The van der Waals surface area contributed by atoms with Crippen molar-refractivity contribution < 1.29 is 4.21 Å². The number of anilines is 1. The van der Waals surface area contributed by atoms with Gasteiger partial charge in [0, 0.05) is 29.3 Å². The van der Waals surface area contributed by atoms with Crippen LogP contribution in [0.4, 0.5) is 5.82 Å². The van der Waals surface area contributed by atoms with E-state index in [2.05, 4.69) is 16.5 Å². The maximum absolute atomic E-state index is 12.4. The molecule has 2 aromatic heterocycles. The molecule has 1 unspecified atom stereocenters. The van der Waals surface area contributed by atoms with E-state index in [1.54, 1.807) is 0 Å². The first-order valence-corrected chi connectivity index (χ1v) is 11.9. The highest BCUT2D eigenvalue weighted by Gasteiger charge is 2.26. The lowest BCUT2D eigenvalue weighted by Crippen LogP contribution is -2.07. The van der Waals surface area contributed by atoms with Crippen LogP contribution in [0.25, 0.3) is 11.0 Å². The third-order valence-corrected chi connectivity index (χ3v) is 7.32. The number of unbranched alkanes of at least 4 members (excludes halogenated alkanes) is 2. The third kappa shape index (κ3) is 4.53. The molecule has 0 saturated heterocycles. The average molecular weight is 411 g/mol. The van der Waals surface area contributed by atoms with Gasteiger partial charge in [-0.1, -0.05) is 24.6 Å². The Morgan fingerprint density at radius 2 is 1.86 bits per heavy atom. The van der Waals surface area contributed by atoms with Gasteiger partial charge in [0.1, 0.15) is 11.3 Å². The van der Waals surface area contributed by atoms with Crippen LogP contribution in [0.15, 0.2) is 35.2 Å². The fraction of sp³-hybridized carbons (Fsp3) is 0.478. The molecule has 1 fully saturated rings. The second-order valence-electron chi connectivity index (χ2n) is 8.16. The van der Waals surface area contributed by atoms with Gasteiger partial charge in [-0.05, 0) is 63.1 Å². The summed E-state index contributed by atoms with van der Waals surface area (Å²) in [5.41, 5.74) is 10.4. The Morgan fingerprint density at radius 3 is 2.59 bits per heavy atom. The van der Waals surface area contributed by atoms with Gasteiger partial charge in [-0.3, -0.25) is 4.21 Å². The number of hydrogen-bond acceptors (Lipinski definition) is 4. The quantitative estimate of drug-likeness (QED) is 0.525. The molecule has 0 spiro atoms. The summed E-state index contributed by atoms with van der Waals surface area (Å²) in [6.07, 6.45) is 6.72. The van der Waals surface area contributed by atoms with Crippen LogP contribution in [-0.4, -0.2) is 24.5 Å². The van der Waals surface area contributed by atoms with Gasteiger partial charge in [-0.15, -0.1) is 0 Å². The Bertz CT molecular complexity index is 1020. The van der Waals surface area contributed by atoms with Crippen molar-refractivity contribution in [1.82, 2.24) is 14.5 Å². The van der Waals surface area contributed by atoms with Gasteiger partial charge < -0.3 is 10.3 Å². The van der Waals surface area contributed by atoms with Crippen molar-refractivity contribution in [2.45, 2.75) is 63.8 Å². The van der Waals surface area contributed by atoms with Crippen molar-refractivity contribution >= 4 is 27.7 Å². The summed E-state index contributed by atoms with van der Waals surface area (Å²) in [5, 5.41) is 0. The number of imidazole rings is 1. The predicted octanol–water partition coefficient (Wildman–Crippen LogP) is 4.56. The molecule has 6 heteroatoms. The van der Waals surface area contributed by atoms with E-state index in [0.29, 0.717) is 5.82 Å². The number of pyridine rings is 1. The van der Waals surface area contributed by atoms with Crippen LogP contribution in [0.3, 0.4) is 0 Å². The van der Waals surface area contributed by atoms with Crippen LogP contribution in [0.2, 0.25) is 0 Å². The number of nitrogens with two attached hydrogens (primary N) is 1. The molecule has 0 amide bonds. The predicted molar refractivity (Wildman–Crippen MR) is 119 cm³/mol. The van der Waals surface area contributed by atoms with Crippen molar-refractivity contribution in [3.63, 3.8) is 0 Å². The molecule has 1 saturated carbocycles. The standard InChI is InChI=1S/C23H30N4OS/c1-16-17(2)25-23(24)21-22(16)27(20(26-21)15-18-11-12-18)13-7-4-8-14-29(28)19-9-5-3-6-10-19/h3,5-6,9-10,18H,4,7-8,11-15H2,1-2H3,(H2,24,25). The van der Waals surface area contributed by atoms with E-state index >= 15 is 0 Å². The van der Waals surface area contributed by atoms with E-state index in [9.17, 15) is 4.21 Å². The lowest BCUT2D eigenvalue weighted by atomic mass is 10.2. The van der Waals surface area contributed by atoms with Crippen molar-refractivity contribution in [3.05, 3.63) is 47.4 Å². The molecule has 1 aliphatic carbocycles. The number of aryl methyl sites for hydroxylation is 3. The zero-order chi connectivity index (χ0) is 20.4. The summed E-state index contributed by atoms with van der Waals surface area (Å²) < 4.78 is 14.8. The fourth-order valence-electron chi connectivity index (χ4n) is 3.89. The first kappa shape index (κ1) is 20.1. The van der Waals surface area contributed by atoms with E-state index < -0.39 is 10.8 Å². The highest BCUT2D eigenvalue weighted by atomic mass is 32.2. The van der Waals surface area contributed by atoms with Crippen LogP contribution in [0, 0.1) is 19.8 Å². The maximum atomic E-state index is 12.4. The molecule has 2 heterocycles. The first-order valence-electron chi connectivity index (χ1n) is 10.6. The minimum absolute atomic E-state index is 0.539. The lowest BCUT2D eigenvalue weighted by molar-refractivity contribution is 0.580. The number of nitrogen functional groups attached to an aromatic ring is 1. The molecular weight excluding hydrogens is 380 g/mol. The number of benzene rings is 1. The van der Waals surface area contributed by atoms with Gasteiger partial charge >= 0.3 is 0 Å². The van der Waals surface area contributed by atoms with Crippen LogP contribution in [0.5, 0.6) is 0 Å². The molecule has 5 nitrogen and oxygen atoms in total. The molecule has 154 valence electrons. The van der Waals surface area contributed by atoms with E-state index in [-0.39, 0.29) is 0 Å². The molecule has 4 rings (SSSR count). The molecule has 1 aliphatic rings. The van der Waals surface area contributed by atoms with E-state index in [4.69, 9.17) is 10.7 Å². The lowest BCUT2D eigenvalue weighted by Gasteiger charge is -2.12. The van der Waals surface area contributed by atoms with E-state index in [0.717, 1.165) is 71.3 Å². The van der Waals surface area contributed by atoms with Gasteiger partial charge in [0.05, 0.1) is 16.3 Å². The summed E-state index contributed by atoms with van der Waals surface area (Å²) in [7, 11) is -0.904. The van der Waals surface area contributed by atoms with Gasteiger partial charge in [-0.25, -0.2) is 9.97 Å². The SMILES string of the molecule is Cc1nc(N)c2nc(CC3CC3)n(CCCCCS(=O)c3ccccc3)c2c1C. The first-order chi connectivity index (χ1) is 14.0. The van der Waals surface area contributed by atoms with Gasteiger partial charge in [0.15, 0.2) is 5.82 Å². The molecule has 1 aromatic carbocycles. The Balaban J connectivity index is 1.43. The van der Waals surface area contributed by atoms with Crippen LogP contribution >= 0.6 is 0 Å². The number of fused-ring (bicyclic) bond motifs is 1. The zero-order valence-electron chi connectivity index (χ0n) is 17.4. The van der Waals surface area contributed by atoms with Crippen molar-refractivity contribution in [1.29, 1.82) is 0 Å². The summed E-state index contributed by atoms with van der Waals surface area (Å²) >= 11 is 0. The number of aromatic nitrogens is 3. The molecule has 29 heavy (non-hydrogen) atoms. The highest BCUT2D eigenvalue weighted by Crippen LogP contribution is 2.34. The largest absolute Gasteiger partial charge is 0.382 e. The summed E-state index contributed by atoms with van der Waals surface area (Å²) in [4.78, 5) is 10.3. The van der Waals surface area contributed by atoms with E-state index in [1.807, 2.05) is 37.3 Å². The second kappa shape index (κ2) is 8.66. The van der Waals surface area contributed by atoms with Crippen molar-refractivity contribution in [2.24, 2.45) is 5.92 Å². The maximum Gasteiger partial charge on any atom is 0.151 e. The highest BCUT2D eigenvalue weighted by molar-refractivity contribution is 7.85. The third-order valence-electron chi connectivity index (χ3n) is 5.86. The molecule has 0 aliphatic heterocycles. The van der Waals surface area contributed by atoms with Gasteiger partial charge in [0.2, 0.25) is 0 Å². The number of hydrogen-bond donors (Lipinski definition) is 1. The summed E-state index contributed by atoms with van der Waals surface area (Å²) in [6.45, 7) is 5.06. The monoisotopic (exact) mass is 410 g/mol. The molecule has 0 radical (unpaired) electrons. The van der Waals surface area contributed by atoms with Gasteiger partial charge in [-0.2, -0.15) is 0 Å². The van der Waals surface area contributed by atoms with Crippen LogP contribution < -0.4 is 5.73 Å². The van der Waals surface area contributed by atoms with Crippen molar-refractivity contribution in [2.75, 3.05) is 11.5 Å². The Kier molecular flexibility index (Phi) is 5.99. The molecular formula is C23H30N4OS. The minimum Gasteiger partial charge on any atom is -0.382 e. The normalized spacial score (nSPS) is 15.1. The van der Waals surface area contributed by atoms with Crippen LogP contribution in [-0.2, 0) is 23.8 Å². The number of rotatable bonds is 9. The number of nitrogens with zero attached hydrogens (tertiary/aromatic N) is 3. The average Bonchev–Trinajstić information content (AvgIpc) is 3.46. The Labute approximate surface area is 175 Å². The summed E-state index contributed by atoms with van der Waals surface area (Å²) in [6, 6.07) is 9.75. The Morgan fingerprint density at radius 1 is 1.10 bits per heavy atom. The van der Waals surface area contributed by atoms with Gasteiger partial charge in [0.25, 0.3) is 0 Å². The topological polar surface area (TPSA) is 73.8 Å². The molecule has 2 N–H and O–H groups in total. The second-order valence-corrected chi connectivity index (χ2v) is 9.73. The van der Waals surface area contributed by atoms with E-state index in [1.165, 1.54) is 18.4 Å². The van der Waals surface area contributed by atoms with Crippen molar-refractivity contribution in [3.8, 4) is 0 Å². The Hall–Kier alpha value is -2.21. The molecule has 0 bridgehead atoms. The molecule has 1 atom stereocenters. The summed E-state index contributed by atoms with van der Waals surface area (Å²) in [5.74, 6) is 3.18.